The van der Waals surface area contributed by atoms with E-state index in [4.69, 9.17) is 10.2 Å². The van der Waals surface area contributed by atoms with Gasteiger partial charge in [-0.25, -0.2) is 0 Å². The molecule has 2 amide bonds. The largest absolute Gasteiger partial charge is 0.481 e. The summed E-state index contributed by atoms with van der Waals surface area (Å²) in [6, 6.07) is -1.04. The molecule has 0 aliphatic carbocycles. The number of nitrogens with one attached hydrogen (secondary N) is 2. The molecule has 0 aliphatic rings. The van der Waals surface area contributed by atoms with Crippen molar-refractivity contribution < 1.29 is 29.4 Å². The molecule has 8 nitrogen and oxygen atoms in total. The zero-order chi connectivity index (χ0) is 19.8. The monoisotopic (exact) mass is 372 g/mol. The van der Waals surface area contributed by atoms with Gasteiger partial charge in [-0.3, -0.25) is 19.2 Å². The van der Waals surface area contributed by atoms with Crippen molar-refractivity contribution >= 4 is 23.8 Å². The van der Waals surface area contributed by atoms with Crippen LogP contribution in [0.4, 0.5) is 0 Å². The fourth-order valence-electron chi connectivity index (χ4n) is 2.48. The standard InChI is InChI=1S/C18H32N2O6/c1-2-15(21)20-14(13-17(24)25)18(26)19-12-10-8-6-4-3-5-7-9-11-16(22)23/h14H,2-13H2,1H3,(H,19,26)(H,20,21)(H,22,23)(H,24,25)/t14-/m0/s1. The fraction of sp³-hybridized carbons (Fsp3) is 0.778. The summed E-state index contributed by atoms with van der Waals surface area (Å²) in [7, 11) is 0. The first kappa shape index (κ1) is 23.9. The van der Waals surface area contributed by atoms with Crippen LogP contribution in [0.25, 0.3) is 0 Å². The van der Waals surface area contributed by atoms with Crippen LogP contribution in [0, 0.1) is 0 Å². The molecule has 4 N–H and O–H groups in total. The molecule has 8 heteroatoms. The SMILES string of the molecule is CCC(=O)N[C@@H](CC(=O)O)C(=O)NCCCCCCCCCCC(=O)O. The van der Waals surface area contributed by atoms with Crippen molar-refractivity contribution in [3.05, 3.63) is 0 Å². The molecule has 26 heavy (non-hydrogen) atoms. The molecule has 0 radical (unpaired) electrons. The number of aliphatic carboxylic acids is 2. The first-order valence-corrected chi connectivity index (χ1v) is 9.37. The molecule has 0 aromatic carbocycles. The number of carbonyl (C=O) groups is 4. The van der Waals surface area contributed by atoms with Gasteiger partial charge in [0, 0.05) is 19.4 Å². The maximum atomic E-state index is 12.0. The summed E-state index contributed by atoms with van der Waals surface area (Å²) in [4.78, 5) is 44.5. The Morgan fingerprint density at radius 1 is 0.808 bits per heavy atom. The van der Waals surface area contributed by atoms with Crippen LogP contribution in [0.1, 0.15) is 77.6 Å². The van der Waals surface area contributed by atoms with Crippen LogP contribution in [0.2, 0.25) is 0 Å². The predicted molar refractivity (Wildman–Crippen MR) is 96.7 cm³/mol. The summed E-state index contributed by atoms with van der Waals surface area (Å²) < 4.78 is 0. The van der Waals surface area contributed by atoms with E-state index in [0.29, 0.717) is 6.54 Å². The fourth-order valence-corrected chi connectivity index (χ4v) is 2.48. The predicted octanol–water partition coefficient (Wildman–Crippen LogP) is 2.07. The van der Waals surface area contributed by atoms with Crippen LogP contribution in [0.5, 0.6) is 0 Å². The molecule has 1 atom stereocenters. The van der Waals surface area contributed by atoms with Gasteiger partial charge in [0.1, 0.15) is 6.04 Å². The lowest BCUT2D eigenvalue weighted by Gasteiger charge is -2.16. The number of amides is 2. The molecule has 0 aromatic heterocycles. The lowest BCUT2D eigenvalue weighted by molar-refractivity contribution is -0.140. The van der Waals surface area contributed by atoms with Crippen molar-refractivity contribution in [3.63, 3.8) is 0 Å². The minimum atomic E-state index is -1.13. The van der Waals surface area contributed by atoms with Crippen LogP contribution < -0.4 is 10.6 Å². The van der Waals surface area contributed by atoms with E-state index in [2.05, 4.69) is 10.6 Å². The van der Waals surface area contributed by atoms with E-state index < -0.39 is 30.3 Å². The minimum Gasteiger partial charge on any atom is -0.481 e. The number of hydrogen-bond acceptors (Lipinski definition) is 4. The highest BCUT2D eigenvalue weighted by Crippen LogP contribution is 2.09. The van der Waals surface area contributed by atoms with E-state index in [1.807, 2.05) is 0 Å². The number of unbranched alkanes of at least 4 members (excludes halogenated alkanes) is 7. The highest BCUT2D eigenvalue weighted by molar-refractivity contribution is 5.90. The van der Waals surface area contributed by atoms with Gasteiger partial charge in [-0.1, -0.05) is 45.4 Å². The van der Waals surface area contributed by atoms with Crippen LogP contribution >= 0.6 is 0 Å². The molecule has 150 valence electrons. The second-order valence-corrected chi connectivity index (χ2v) is 6.33. The smallest absolute Gasteiger partial charge is 0.305 e. The van der Waals surface area contributed by atoms with Gasteiger partial charge < -0.3 is 20.8 Å². The number of carboxylic acids is 2. The lowest BCUT2D eigenvalue weighted by atomic mass is 10.1. The third-order valence-electron chi connectivity index (χ3n) is 3.97. The third-order valence-corrected chi connectivity index (χ3v) is 3.97. The van der Waals surface area contributed by atoms with Crippen LogP contribution in [0.3, 0.4) is 0 Å². The molecule has 0 bridgehead atoms. The molecule has 0 heterocycles. The van der Waals surface area contributed by atoms with Gasteiger partial charge in [0.25, 0.3) is 0 Å². The van der Waals surface area contributed by atoms with E-state index >= 15 is 0 Å². The van der Waals surface area contributed by atoms with E-state index in [1.54, 1.807) is 6.92 Å². The summed E-state index contributed by atoms with van der Waals surface area (Å²) >= 11 is 0. The van der Waals surface area contributed by atoms with Gasteiger partial charge in [-0.2, -0.15) is 0 Å². The average Bonchev–Trinajstić information content (AvgIpc) is 2.57. The molecule has 0 rings (SSSR count). The Bertz CT molecular complexity index is 453. The average molecular weight is 372 g/mol. The Labute approximate surface area is 154 Å². The molecule has 0 aliphatic heterocycles. The van der Waals surface area contributed by atoms with Crippen molar-refractivity contribution in [1.82, 2.24) is 10.6 Å². The Kier molecular flexibility index (Phi) is 13.9. The van der Waals surface area contributed by atoms with Crippen molar-refractivity contribution in [2.45, 2.75) is 83.6 Å². The highest BCUT2D eigenvalue weighted by Gasteiger charge is 2.22. The van der Waals surface area contributed by atoms with Crippen LogP contribution in [-0.4, -0.2) is 46.6 Å². The van der Waals surface area contributed by atoms with Crippen molar-refractivity contribution in [1.29, 1.82) is 0 Å². The van der Waals surface area contributed by atoms with E-state index in [1.165, 1.54) is 0 Å². The van der Waals surface area contributed by atoms with Crippen molar-refractivity contribution in [2.24, 2.45) is 0 Å². The minimum absolute atomic E-state index is 0.194. The zero-order valence-corrected chi connectivity index (χ0v) is 15.6. The summed E-state index contributed by atoms with van der Waals surface area (Å²) in [6.45, 7) is 2.09. The molecule has 0 aromatic rings. The lowest BCUT2D eigenvalue weighted by Crippen LogP contribution is -2.47. The van der Waals surface area contributed by atoms with Crippen molar-refractivity contribution in [2.75, 3.05) is 6.54 Å². The van der Waals surface area contributed by atoms with Gasteiger partial charge in [0.05, 0.1) is 6.42 Å². The number of hydrogen-bond donors (Lipinski definition) is 4. The Hall–Kier alpha value is -2.12. The molecule has 0 unspecified atom stereocenters. The molecular formula is C18H32N2O6. The summed E-state index contributed by atoms with van der Waals surface area (Å²) in [5.41, 5.74) is 0. The molecule has 0 saturated carbocycles. The summed E-state index contributed by atoms with van der Waals surface area (Å²) in [6.07, 6.45) is 7.67. The molecule has 0 spiro atoms. The van der Waals surface area contributed by atoms with E-state index in [9.17, 15) is 19.2 Å². The summed E-state index contributed by atoms with van der Waals surface area (Å²) in [5, 5.41) is 22.5. The summed E-state index contributed by atoms with van der Waals surface area (Å²) in [5.74, 6) is -2.70. The second-order valence-electron chi connectivity index (χ2n) is 6.33. The first-order valence-electron chi connectivity index (χ1n) is 9.37. The quantitative estimate of drug-likeness (QED) is 0.307. The van der Waals surface area contributed by atoms with Gasteiger partial charge in [-0.15, -0.1) is 0 Å². The van der Waals surface area contributed by atoms with Gasteiger partial charge >= 0.3 is 11.9 Å². The Morgan fingerprint density at radius 2 is 1.35 bits per heavy atom. The number of carbonyl (C=O) groups excluding carboxylic acids is 2. The number of rotatable bonds is 16. The second kappa shape index (κ2) is 15.2. The molecule has 0 fully saturated rings. The normalized spacial score (nSPS) is 11.6. The van der Waals surface area contributed by atoms with Gasteiger partial charge in [0.2, 0.25) is 11.8 Å². The van der Waals surface area contributed by atoms with E-state index in [0.717, 1.165) is 51.4 Å². The van der Waals surface area contributed by atoms with Crippen LogP contribution in [0.15, 0.2) is 0 Å². The Morgan fingerprint density at radius 3 is 1.85 bits per heavy atom. The topological polar surface area (TPSA) is 133 Å². The van der Waals surface area contributed by atoms with E-state index in [-0.39, 0.29) is 18.7 Å². The van der Waals surface area contributed by atoms with Crippen LogP contribution in [-0.2, 0) is 19.2 Å². The van der Waals surface area contributed by atoms with Gasteiger partial charge in [-0.05, 0) is 12.8 Å². The Balaban J connectivity index is 3.73. The zero-order valence-electron chi connectivity index (χ0n) is 15.6. The van der Waals surface area contributed by atoms with Gasteiger partial charge in [0.15, 0.2) is 0 Å². The first-order chi connectivity index (χ1) is 12.4. The molecular weight excluding hydrogens is 340 g/mol. The maximum Gasteiger partial charge on any atom is 0.305 e. The molecule has 0 saturated heterocycles. The van der Waals surface area contributed by atoms with Crippen molar-refractivity contribution in [3.8, 4) is 0 Å². The third kappa shape index (κ3) is 14.2. The number of carboxylic acid groups (broad SMARTS) is 2. The maximum absolute atomic E-state index is 12.0. The highest BCUT2D eigenvalue weighted by atomic mass is 16.4.